The number of carbonyl (C=O) groups is 1. The molecule has 0 heterocycles. The van der Waals surface area contributed by atoms with Crippen LogP contribution in [0.5, 0.6) is 5.75 Å². The average molecular weight is 245 g/mol. The molecule has 16 heavy (non-hydrogen) atoms. The molecular formula is C11H17ClN2O2. The Morgan fingerprint density at radius 2 is 1.94 bits per heavy atom. The third-order valence-corrected chi connectivity index (χ3v) is 2.05. The number of rotatable bonds is 4. The quantitative estimate of drug-likeness (QED) is 0.620. The molecule has 1 atom stereocenters. The van der Waals surface area contributed by atoms with Crippen LogP contribution in [0.3, 0.4) is 0 Å². The van der Waals surface area contributed by atoms with Gasteiger partial charge in [-0.3, -0.25) is 4.79 Å². The molecular weight excluding hydrogens is 228 g/mol. The van der Waals surface area contributed by atoms with Crippen molar-refractivity contribution >= 4 is 18.4 Å². The number of carbonyl (C=O) groups excluding carboxylic acids is 1. The van der Waals surface area contributed by atoms with Gasteiger partial charge in [0.1, 0.15) is 5.75 Å². The van der Waals surface area contributed by atoms with Crippen LogP contribution in [0.25, 0.3) is 0 Å². The van der Waals surface area contributed by atoms with Crippen molar-refractivity contribution in [2.45, 2.75) is 19.4 Å². The molecule has 0 fully saturated rings. The van der Waals surface area contributed by atoms with Crippen molar-refractivity contribution in [1.82, 2.24) is 0 Å². The summed E-state index contributed by atoms with van der Waals surface area (Å²) in [4.78, 5) is 10.7. The molecule has 0 aliphatic heterocycles. The Kier molecular flexibility index (Phi) is 6.72. The van der Waals surface area contributed by atoms with Gasteiger partial charge in [-0.25, -0.2) is 0 Å². The zero-order valence-electron chi connectivity index (χ0n) is 9.18. The molecule has 0 unspecified atom stereocenters. The summed E-state index contributed by atoms with van der Waals surface area (Å²) < 4.78 is 4.90. The second kappa shape index (κ2) is 7.22. The van der Waals surface area contributed by atoms with Gasteiger partial charge in [-0.1, -0.05) is 12.1 Å². The first-order valence-electron chi connectivity index (χ1n) is 4.87. The van der Waals surface area contributed by atoms with Gasteiger partial charge in [0.15, 0.2) is 0 Å². The van der Waals surface area contributed by atoms with Crippen LogP contribution < -0.4 is 16.2 Å². The number of hydrogen-bond acceptors (Lipinski definition) is 4. The topological polar surface area (TPSA) is 78.3 Å². The van der Waals surface area contributed by atoms with Crippen LogP contribution >= 0.6 is 12.4 Å². The fourth-order valence-electron chi connectivity index (χ4n) is 1.30. The number of esters is 1. The van der Waals surface area contributed by atoms with Crippen LogP contribution in [0.4, 0.5) is 0 Å². The predicted octanol–water partition coefficient (Wildman–Crippen LogP) is 1.38. The summed E-state index contributed by atoms with van der Waals surface area (Å²) in [6, 6.07) is 7.10. The van der Waals surface area contributed by atoms with Gasteiger partial charge in [-0.15, -0.1) is 12.4 Å². The summed E-state index contributed by atoms with van der Waals surface area (Å²) in [6.07, 6.45) is 0.743. The smallest absolute Gasteiger partial charge is 0.308 e. The Balaban J connectivity index is 0.00000225. The van der Waals surface area contributed by atoms with E-state index in [1.54, 1.807) is 12.1 Å². The summed E-state index contributed by atoms with van der Waals surface area (Å²) in [6.45, 7) is 1.93. The third-order valence-electron chi connectivity index (χ3n) is 2.05. The SMILES string of the molecule is CC(=O)Oc1ccc([C@@H](N)CCN)cc1.Cl. The largest absolute Gasteiger partial charge is 0.427 e. The van der Waals surface area contributed by atoms with Crippen molar-refractivity contribution in [3.05, 3.63) is 29.8 Å². The summed E-state index contributed by atoms with van der Waals surface area (Å²) in [7, 11) is 0. The maximum atomic E-state index is 10.7. The fourth-order valence-corrected chi connectivity index (χ4v) is 1.30. The van der Waals surface area contributed by atoms with Crippen LogP contribution in [-0.2, 0) is 4.79 Å². The molecule has 90 valence electrons. The molecule has 5 heteroatoms. The average Bonchev–Trinajstić information content (AvgIpc) is 2.18. The number of ether oxygens (including phenoxy) is 1. The van der Waals surface area contributed by atoms with Gasteiger partial charge in [0.05, 0.1) is 0 Å². The Morgan fingerprint density at radius 3 is 2.38 bits per heavy atom. The fraction of sp³-hybridized carbons (Fsp3) is 0.364. The Hall–Kier alpha value is -1.10. The lowest BCUT2D eigenvalue weighted by atomic mass is 10.1. The van der Waals surface area contributed by atoms with Crippen LogP contribution in [0.2, 0.25) is 0 Å². The Morgan fingerprint density at radius 1 is 1.38 bits per heavy atom. The number of benzene rings is 1. The number of hydrogen-bond donors (Lipinski definition) is 2. The normalized spacial score (nSPS) is 11.4. The Labute approximate surface area is 101 Å². The highest BCUT2D eigenvalue weighted by molar-refractivity contribution is 5.85. The first kappa shape index (κ1) is 14.9. The van der Waals surface area contributed by atoms with Gasteiger partial charge >= 0.3 is 5.97 Å². The molecule has 0 saturated carbocycles. The standard InChI is InChI=1S/C11H16N2O2.ClH/c1-8(14)15-10-4-2-9(3-5-10)11(13)6-7-12;/h2-5,11H,6-7,12-13H2,1H3;1H/t11-;/m0./s1. The van der Waals surface area contributed by atoms with E-state index in [9.17, 15) is 4.79 Å². The van der Waals surface area contributed by atoms with Crippen LogP contribution in [0, 0.1) is 0 Å². The lowest BCUT2D eigenvalue weighted by molar-refractivity contribution is -0.131. The van der Waals surface area contributed by atoms with E-state index >= 15 is 0 Å². The minimum Gasteiger partial charge on any atom is -0.427 e. The van der Waals surface area contributed by atoms with Crippen molar-refractivity contribution in [1.29, 1.82) is 0 Å². The minimum absolute atomic E-state index is 0. The van der Waals surface area contributed by atoms with Crippen molar-refractivity contribution in [2.24, 2.45) is 11.5 Å². The molecule has 0 spiro atoms. The first-order valence-corrected chi connectivity index (χ1v) is 4.87. The summed E-state index contributed by atoms with van der Waals surface area (Å²) in [5.41, 5.74) is 12.3. The molecule has 0 saturated heterocycles. The lowest BCUT2D eigenvalue weighted by Gasteiger charge is -2.10. The van der Waals surface area contributed by atoms with Crippen molar-refractivity contribution in [3.8, 4) is 5.75 Å². The van der Waals surface area contributed by atoms with Gasteiger partial charge in [0, 0.05) is 13.0 Å². The molecule has 1 aromatic rings. The van der Waals surface area contributed by atoms with Crippen LogP contribution in [0.1, 0.15) is 24.9 Å². The van der Waals surface area contributed by atoms with Crippen LogP contribution in [0.15, 0.2) is 24.3 Å². The van der Waals surface area contributed by atoms with Gasteiger partial charge in [-0.2, -0.15) is 0 Å². The van der Waals surface area contributed by atoms with Crippen molar-refractivity contribution in [3.63, 3.8) is 0 Å². The van der Waals surface area contributed by atoms with Crippen LogP contribution in [-0.4, -0.2) is 12.5 Å². The molecule has 0 aromatic heterocycles. The molecule has 0 aliphatic carbocycles. The predicted molar refractivity (Wildman–Crippen MR) is 65.6 cm³/mol. The lowest BCUT2D eigenvalue weighted by Crippen LogP contribution is -2.15. The van der Waals surface area contributed by atoms with E-state index in [1.165, 1.54) is 6.92 Å². The van der Waals surface area contributed by atoms with E-state index in [0.717, 1.165) is 12.0 Å². The molecule has 4 N–H and O–H groups in total. The van der Waals surface area contributed by atoms with E-state index in [4.69, 9.17) is 16.2 Å². The molecule has 0 bridgehead atoms. The molecule has 1 rings (SSSR count). The maximum Gasteiger partial charge on any atom is 0.308 e. The molecule has 4 nitrogen and oxygen atoms in total. The molecule has 1 aromatic carbocycles. The monoisotopic (exact) mass is 244 g/mol. The molecule has 0 radical (unpaired) electrons. The highest BCUT2D eigenvalue weighted by atomic mass is 35.5. The summed E-state index contributed by atoms with van der Waals surface area (Å²) >= 11 is 0. The third kappa shape index (κ3) is 4.61. The summed E-state index contributed by atoms with van der Waals surface area (Å²) in [5.74, 6) is 0.209. The zero-order valence-corrected chi connectivity index (χ0v) is 10.00. The van der Waals surface area contributed by atoms with E-state index in [0.29, 0.717) is 12.3 Å². The van der Waals surface area contributed by atoms with Gasteiger partial charge in [0.2, 0.25) is 0 Å². The summed E-state index contributed by atoms with van der Waals surface area (Å²) in [5, 5.41) is 0. The minimum atomic E-state index is -0.325. The zero-order chi connectivity index (χ0) is 11.3. The van der Waals surface area contributed by atoms with Gasteiger partial charge in [0.25, 0.3) is 0 Å². The Bertz CT molecular complexity index is 327. The first-order chi connectivity index (χ1) is 7.13. The van der Waals surface area contributed by atoms with Crippen molar-refractivity contribution < 1.29 is 9.53 Å². The van der Waals surface area contributed by atoms with Gasteiger partial charge < -0.3 is 16.2 Å². The number of nitrogens with two attached hydrogens (primary N) is 2. The van der Waals surface area contributed by atoms with E-state index < -0.39 is 0 Å². The highest BCUT2D eigenvalue weighted by Gasteiger charge is 2.05. The van der Waals surface area contributed by atoms with E-state index in [-0.39, 0.29) is 24.4 Å². The maximum absolute atomic E-state index is 10.7. The second-order valence-electron chi connectivity index (χ2n) is 3.35. The second-order valence-corrected chi connectivity index (χ2v) is 3.35. The van der Waals surface area contributed by atoms with Gasteiger partial charge in [-0.05, 0) is 30.7 Å². The van der Waals surface area contributed by atoms with E-state index in [2.05, 4.69) is 0 Å². The molecule has 0 amide bonds. The van der Waals surface area contributed by atoms with Crippen molar-refractivity contribution in [2.75, 3.05) is 6.54 Å². The highest BCUT2D eigenvalue weighted by Crippen LogP contribution is 2.18. The van der Waals surface area contributed by atoms with E-state index in [1.807, 2.05) is 12.1 Å². The molecule has 0 aliphatic rings. The number of halogens is 1.